The minimum atomic E-state index is -0.496. The van der Waals surface area contributed by atoms with Gasteiger partial charge in [0.05, 0.1) is 0 Å². The van der Waals surface area contributed by atoms with Gasteiger partial charge in [0.15, 0.2) is 0 Å². The smallest absolute Gasteiger partial charge is 0.239 e. The molecule has 82 valence electrons. The van der Waals surface area contributed by atoms with Gasteiger partial charge in [-0.3, -0.25) is 10.2 Å². The van der Waals surface area contributed by atoms with Gasteiger partial charge in [-0.05, 0) is 13.8 Å². The van der Waals surface area contributed by atoms with Crippen LogP contribution in [-0.4, -0.2) is 21.9 Å². The fraction of sp³-hybridized carbons (Fsp3) is 0.375. The fourth-order valence-electron chi connectivity index (χ4n) is 0.934. The Hall–Kier alpha value is -1.89. The number of carbonyl (C=O) groups is 1. The second-order valence-electron chi connectivity index (χ2n) is 3.14. The van der Waals surface area contributed by atoms with Crippen molar-refractivity contribution in [3.8, 4) is 0 Å². The highest BCUT2D eigenvalue weighted by Gasteiger charge is 2.11. The van der Waals surface area contributed by atoms with E-state index in [1.54, 1.807) is 13.1 Å². The van der Waals surface area contributed by atoms with Crippen molar-refractivity contribution in [2.75, 3.05) is 10.7 Å². The molecule has 1 unspecified atom stereocenters. The van der Waals surface area contributed by atoms with Crippen LogP contribution in [0.2, 0.25) is 0 Å². The van der Waals surface area contributed by atoms with Crippen LogP contribution in [0.4, 0.5) is 11.8 Å². The number of nitrogens with two attached hydrogens (primary N) is 2. The summed E-state index contributed by atoms with van der Waals surface area (Å²) in [5.41, 5.74) is 8.25. The maximum Gasteiger partial charge on any atom is 0.239 e. The van der Waals surface area contributed by atoms with E-state index in [2.05, 4.69) is 20.7 Å². The number of nitrogens with zero attached hydrogens (tertiary/aromatic N) is 2. The van der Waals surface area contributed by atoms with Gasteiger partial charge in [0, 0.05) is 11.8 Å². The maximum atomic E-state index is 10.8. The molecule has 6 N–H and O–H groups in total. The predicted octanol–water partition coefficient (Wildman–Crippen LogP) is -0.644. The number of nitrogens with one attached hydrogen (secondary N) is 2. The highest BCUT2D eigenvalue weighted by molar-refractivity contribution is 5.82. The zero-order valence-electron chi connectivity index (χ0n) is 8.61. The zero-order chi connectivity index (χ0) is 11.4. The number of hydrogen-bond acceptors (Lipinski definition) is 6. The number of rotatable bonds is 4. The number of amides is 1. The van der Waals surface area contributed by atoms with E-state index < -0.39 is 11.9 Å². The van der Waals surface area contributed by atoms with E-state index in [1.165, 1.54) is 0 Å². The number of aromatic nitrogens is 2. The average Bonchev–Trinajstić information content (AvgIpc) is 2.21. The average molecular weight is 210 g/mol. The Kier molecular flexibility index (Phi) is 3.40. The van der Waals surface area contributed by atoms with Crippen LogP contribution in [0.25, 0.3) is 0 Å². The summed E-state index contributed by atoms with van der Waals surface area (Å²) < 4.78 is 0. The van der Waals surface area contributed by atoms with E-state index in [1.807, 2.05) is 6.92 Å². The molecule has 0 aliphatic carbocycles. The van der Waals surface area contributed by atoms with Crippen LogP contribution in [0.1, 0.15) is 12.5 Å². The Morgan fingerprint density at radius 2 is 2.27 bits per heavy atom. The SMILES string of the molecule is Cc1cnc(NN)nc1NC(C)C(N)=O. The van der Waals surface area contributed by atoms with Crippen molar-refractivity contribution in [2.45, 2.75) is 19.9 Å². The normalized spacial score (nSPS) is 11.9. The van der Waals surface area contributed by atoms with Crippen LogP contribution in [0, 0.1) is 6.92 Å². The monoisotopic (exact) mass is 210 g/mol. The molecule has 15 heavy (non-hydrogen) atoms. The summed E-state index contributed by atoms with van der Waals surface area (Å²) >= 11 is 0. The van der Waals surface area contributed by atoms with Gasteiger partial charge in [-0.1, -0.05) is 0 Å². The first-order valence-corrected chi connectivity index (χ1v) is 4.40. The molecule has 1 aromatic rings. The standard InChI is InChI=1S/C8H14N6O/c1-4-3-11-8(14-10)13-7(4)12-5(2)6(9)15/h3,5H,10H2,1-2H3,(H2,9,15)(H2,11,12,13,14). The summed E-state index contributed by atoms with van der Waals surface area (Å²) in [5.74, 6) is 5.53. The number of carbonyl (C=O) groups excluding carboxylic acids is 1. The molecule has 1 heterocycles. The van der Waals surface area contributed by atoms with Crippen molar-refractivity contribution in [1.82, 2.24) is 9.97 Å². The largest absolute Gasteiger partial charge is 0.368 e. The molecule has 0 saturated heterocycles. The van der Waals surface area contributed by atoms with Crippen LogP contribution in [0.3, 0.4) is 0 Å². The van der Waals surface area contributed by atoms with Crippen molar-refractivity contribution in [3.05, 3.63) is 11.8 Å². The van der Waals surface area contributed by atoms with Crippen LogP contribution >= 0.6 is 0 Å². The lowest BCUT2D eigenvalue weighted by Crippen LogP contribution is -2.33. The van der Waals surface area contributed by atoms with Gasteiger partial charge in [0.25, 0.3) is 0 Å². The Balaban J connectivity index is 2.88. The molecule has 0 aliphatic heterocycles. The van der Waals surface area contributed by atoms with Crippen molar-refractivity contribution in [2.24, 2.45) is 11.6 Å². The molecule has 1 rings (SSSR count). The second-order valence-corrected chi connectivity index (χ2v) is 3.14. The van der Waals surface area contributed by atoms with Crippen molar-refractivity contribution in [3.63, 3.8) is 0 Å². The quantitative estimate of drug-likeness (QED) is 0.387. The fourth-order valence-corrected chi connectivity index (χ4v) is 0.934. The number of anilines is 2. The van der Waals surface area contributed by atoms with Crippen LogP contribution in [0.5, 0.6) is 0 Å². The Bertz CT molecular complexity index is 366. The van der Waals surface area contributed by atoms with Crippen LogP contribution in [0.15, 0.2) is 6.20 Å². The highest BCUT2D eigenvalue weighted by atomic mass is 16.1. The molecular weight excluding hydrogens is 196 g/mol. The molecule has 0 fully saturated rings. The molecule has 0 saturated carbocycles. The van der Waals surface area contributed by atoms with E-state index in [0.717, 1.165) is 5.56 Å². The van der Waals surface area contributed by atoms with E-state index >= 15 is 0 Å². The lowest BCUT2D eigenvalue weighted by Gasteiger charge is -2.13. The zero-order valence-corrected chi connectivity index (χ0v) is 8.61. The van der Waals surface area contributed by atoms with Crippen molar-refractivity contribution >= 4 is 17.7 Å². The third-order valence-corrected chi connectivity index (χ3v) is 1.88. The van der Waals surface area contributed by atoms with Gasteiger partial charge < -0.3 is 11.1 Å². The molecule has 0 spiro atoms. The summed E-state index contributed by atoms with van der Waals surface area (Å²) in [4.78, 5) is 18.8. The number of nitrogen functional groups attached to an aromatic ring is 1. The Labute approximate surface area is 87.2 Å². The van der Waals surface area contributed by atoms with Crippen LogP contribution in [-0.2, 0) is 4.79 Å². The second kappa shape index (κ2) is 4.56. The molecule has 0 aliphatic rings. The minimum Gasteiger partial charge on any atom is -0.368 e. The van der Waals surface area contributed by atoms with Gasteiger partial charge in [-0.15, -0.1) is 0 Å². The predicted molar refractivity (Wildman–Crippen MR) is 56.9 cm³/mol. The summed E-state index contributed by atoms with van der Waals surface area (Å²) in [6.45, 7) is 3.47. The first-order chi connectivity index (χ1) is 7.04. The van der Waals surface area contributed by atoms with E-state index in [9.17, 15) is 4.79 Å². The lowest BCUT2D eigenvalue weighted by atomic mass is 10.3. The summed E-state index contributed by atoms with van der Waals surface area (Å²) in [5, 5.41) is 2.86. The van der Waals surface area contributed by atoms with E-state index in [-0.39, 0.29) is 5.95 Å². The van der Waals surface area contributed by atoms with Gasteiger partial charge >= 0.3 is 0 Å². The molecule has 7 heteroatoms. The summed E-state index contributed by atoms with van der Waals surface area (Å²) in [6.07, 6.45) is 1.60. The van der Waals surface area contributed by atoms with Gasteiger partial charge in [-0.2, -0.15) is 4.98 Å². The number of aryl methyl sites for hydroxylation is 1. The minimum absolute atomic E-state index is 0.278. The maximum absolute atomic E-state index is 10.8. The van der Waals surface area contributed by atoms with Gasteiger partial charge in [0.2, 0.25) is 11.9 Å². The molecule has 7 nitrogen and oxygen atoms in total. The summed E-state index contributed by atoms with van der Waals surface area (Å²) in [6, 6.07) is -0.496. The topological polar surface area (TPSA) is 119 Å². The lowest BCUT2D eigenvalue weighted by molar-refractivity contribution is -0.118. The number of hydrazine groups is 1. The van der Waals surface area contributed by atoms with E-state index in [4.69, 9.17) is 11.6 Å². The van der Waals surface area contributed by atoms with Gasteiger partial charge in [0.1, 0.15) is 11.9 Å². The number of primary amides is 1. The number of hydrogen-bond donors (Lipinski definition) is 4. The van der Waals surface area contributed by atoms with Crippen LogP contribution < -0.4 is 22.3 Å². The Morgan fingerprint density at radius 1 is 1.60 bits per heavy atom. The Morgan fingerprint density at radius 3 is 2.80 bits per heavy atom. The van der Waals surface area contributed by atoms with Crippen molar-refractivity contribution in [1.29, 1.82) is 0 Å². The molecule has 1 atom stereocenters. The molecular formula is C8H14N6O. The molecule has 0 aromatic carbocycles. The molecule has 1 amide bonds. The van der Waals surface area contributed by atoms with Gasteiger partial charge in [-0.25, -0.2) is 10.8 Å². The van der Waals surface area contributed by atoms with Crippen molar-refractivity contribution < 1.29 is 4.79 Å². The third-order valence-electron chi connectivity index (χ3n) is 1.88. The molecule has 0 bridgehead atoms. The summed E-state index contributed by atoms with van der Waals surface area (Å²) in [7, 11) is 0. The first kappa shape index (κ1) is 11.2. The molecule has 1 aromatic heterocycles. The van der Waals surface area contributed by atoms with E-state index in [0.29, 0.717) is 5.82 Å². The highest BCUT2D eigenvalue weighted by Crippen LogP contribution is 2.12. The first-order valence-electron chi connectivity index (χ1n) is 4.40. The third kappa shape index (κ3) is 2.78. The molecule has 0 radical (unpaired) electrons.